The number of nitrogens with two attached hydrogens (primary N) is 1. The highest BCUT2D eigenvalue weighted by atomic mass is 127. The van der Waals surface area contributed by atoms with E-state index in [1.807, 2.05) is 22.6 Å². The summed E-state index contributed by atoms with van der Waals surface area (Å²) in [7, 11) is 0. The lowest BCUT2D eigenvalue weighted by atomic mass is 10.2. The zero-order chi connectivity index (χ0) is 14.6. The third kappa shape index (κ3) is 4.39. The second-order valence-corrected chi connectivity index (χ2v) is 4.96. The van der Waals surface area contributed by atoms with E-state index in [9.17, 15) is 14.4 Å². The zero-order valence-electron chi connectivity index (χ0n) is 9.94. The van der Waals surface area contributed by atoms with Crippen LogP contribution in [0.15, 0.2) is 18.2 Å². The van der Waals surface area contributed by atoms with Crippen LogP contribution in [0.3, 0.4) is 0 Å². The van der Waals surface area contributed by atoms with Crippen molar-refractivity contribution < 1.29 is 19.5 Å². The minimum absolute atomic E-state index is 0.0335. The number of hydrogen-bond acceptors (Lipinski definition) is 3. The van der Waals surface area contributed by atoms with Gasteiger partial charge in [0.2, 0.25) is 5.91 Å². The molecule has 5 N–H and O–H groups in total. The number of rotatable bonds is 4. The standard InChI is InChI=1S/C11H12IN3O4/c1-5(9(13)16)14-11(19)15-8-3-2-6(12)4-7(8)10(17)18/h2-5H,1H3,(H2,13,16)(H,17,18)(H2,14,15,19). The normalized spacial score (nSPS) is 11.5. The lowest BCUT2D eigenvalue weighted by Crippen LogP contribution is -2.44. The monoisotopic (exact) mass is 377 g/mol. The maximum Gasteiger partial charge on any atom is 0.337 e. The van der Waals surface area contributed by atoms with Gasteiger partial charge in [-0.05, 0) is 47.7 Å². The fraction of sp³-hybridized carbons (Fsp3) is 0.182. The first-order chi connectivity index (χ1) is 8.81. The number of halogens is 1. The van der Waals surface area contributed by atoms with E-state index in [1.54, 1.807) is 6.07 Å². The van der Waals surface area contributed by atoms with Gasteiger partial charge in [-0.3, -0.25) is 4.79 Å². The first kappa shape index (κ1) is 15.2. The first-order valence-corrected chi connectivity index (χ1v) is 6.29. The summed E-state index contributed by atoms with van der Waals surface area (Å²) in [5.41, 5.74) is 5.11. The van der Waals surface area contributed by atoms with Gasteiger partial charge in [0.05, 0.1) is 11.3 Å². The topological polar surface area (TPSA) is 122 Å². The molecule has 0 saturated carbocycles. The van der Waals surface area contributed by atoms with E-state index in [0.29, 0.717) is 0 Å². The first-order valence-electron chi connectivity index (χ1n) is 5.21. The second-order valence-electron chi connectivity index (χ2n) is 3.72. The number of carboxylic acids is 1. The Balaban J connectivity index is 2.85. The van der Waals surface area contributed by atoms with Crippen LogP contribution in [-0.4, -0.2) is 29.1 Å². The molecule has 0 aliphatic rings. The molecule has 0 aromatic heterocycles. The van der Waals surface area contributed by atoms with Gasteiger partial charge in [0, 0.05) is 3.57 Å². The number of urea groups is 1. The quantitative estimate of drug-likeness (QED) is 0.585. The Morgan fingerprint density at radius 1 is 1.37 bits per heavy atom. The van der Waals surface area contributed by atoms with Crippen molar-refractivity contribution in [3.8, 4) is 0 Å². The number of primary amides is 1. The molecule has 1 aromatic carbocycles. The van der Waals surface area contributed by atoms with Crippen molar-refractivity contribution in [2.45, 2.75) is 13.0 Å². The summed E-state index contributed by atoms with van der Waals surface area (Å²) < 4.78 is 0.728. The molecular weight excluding hydrogens is 365 g/mol. The molecule has 1 atom stereocenters. The van der Waals surface area contributed by atoms with Crippen molar-refractivity contribution in [3.63, 3.8) is 0 Å². The van der Waals surface area contributed by atoms with E-state index in [1.165, 1.54) is 19.1 Å². The van der Waals surface area contributed by atoms with Crippen LogP contribution in [0.2, 0.25) is 0 Å². The van der Waals surface area contributed by atoms with Crippen molar-refractivity contribution >= 4 is 46.2 Å². The Kier molecular flexibility index (Phi) is 5.10. The molecule has 1 rings (SSSR count). The van der Waals surface area contributed by atoms with E-state index in [2.05, 4.69) is 10.6 Å². The second kappa shape index (κ2) is 6.36. The molecule has 8 heteroatoms. The van der Waals surface area contributed by atoms with E-state index in [0.717, 1.165) is 3.57 Å². The summed E-state index contributed by atoms with van der Waals surface area (Å²) in [6.45, 7) is 1.42. The van der Waals surface area contributed by atoms with E-state index < -0.39 is 23.9 Å². The van der Waals surface area contributed by atoms with Crippen LogP contribution in [-0.2, 0) is 4.79 Å². The fourth-order valence-corrected chi connectivity index (χ4v) is 1.72. The Morgan fingerprint density at radius 2 is 2.00 bits per heavy atom. The Bertz CT molecular complexity index is 533. The number of aromatic carboxylic acids is 1. The molecule has 0 saturated heterocycles. The maximum atomic E-state index is 11.6. The summed E-state index contributed by atoms with van der Waals surface area (Å²) in [4.78, 5) is 33.4. The molecule has 0 aliphatic heterocycles. The van der Waals surface area contributed by atoms with Crippen LogP contribution in [0.5, 0.6) is 0 Å². The molecular formula is C11H12IN3O4. The number of benzene rings is 1. The summed E-state index contributed by atoms with van der Waals surface area (Å²) in [5.74, 6) is -1.84. The van der Waals surface area contributed by atoms with Gasteiger partial charge in [-0.2, -0.15) is 0 Å². The van der Waals surface area contributed by atoms with Crippen LogP contribution in [0, 0.1) is 3.57 Å². The van der Waals surface area contributed by atoms with Gasteiger partial charge in [-0.25, -0.2) is 9.59 Å². The summed E-state index contributed by atoms with van der Waals surface area (Å²) in [6.07, 6.45) is 0. The maximum absolute atomic E-state index is 11.6. The number of anilines is 1. The molecule has 0 radical (unpaired) electrons. The van der Waals surface area contributed by atoms with E-state index >= 15 is 0 Å². The predicted octanol–water partition coefficient (Wildman–Crippen LogP) is 0.985. The molecule has 0 bridgehead atoms. The molecule has 0 spiro atoms. The highest BCUT2D eigenvalue weighted by Gasteiger charge is 2.15. The third-order valence-corrected chi connectivity index (χ3v) is 2.91. The number of nitrogens with one attached hydrogen (secondary N) is 2. The number of carbonyl (C=O) groups is 3. The van der Waals surface area contributed by atoms with Gasteiger partial charge in [0.15, 0.2) is 0 Å². The van der Waals surface area contributed by atoms with Gasteiger partial charge >= 0.3 is 12.0 Å². The Morgan fingerprint density at radius 3 is 2.53 bits per heavy atom. The minimum Gasteiger partial charge on any atom is -0.478 e. The van der Waals surface area contributed by atoms with Gasteiger partial charge in [0.1, 0.15) is 6.04 Å². The Labute approximate surface area is 122 Å². The molecule has 0 aliphatic carbocycles. The summed E-state index contributed by atoms with van der Waals surface area (Å²) >= 11 is 1.96. The molecule has 19 heavy (non-hydrogen) atoms. The van der Waals surface area contributed by atoms with Crippen molar-refractivity contribution in [1.29, 1.82) is 0 Å². The number of carboxylic acid groups (broad SMARTS) is 1. The average molecular weight is 377 g/mol. The summed E-state index contributed by atoms with van der Waals surface area (Å²) in [5, 5.41) is 13.7. The fourth-order valence-electron chi connectivity index (χ4n) is 1.23. The third-order valence-electron chi connectivity index (χ3n) is 2.23. The largest absolute Gasteiger partial charge is 0.478 e. The van der Waals surface area contributed by atoms with Gasteiger partial charge in [0.25, 0.3) is 0 Å². The van der Waals surface area contributed by atoms with Gasteiger partial charge in [-0.15, -0.1) is 0 Å². The highest BCUT2D eigenvalue weighted by molar-refractivity contribution is 14.1. The van der Waals surface area contributed by atoms with Crippen LogP contribution < -0.4 is 16.4 Å². The molecule has 0 fully saturated rings. The molecule has 1 aromatic rings. The van der Waals surface area contributed by atoms with Crippen LogP contribution in [0.4, 0.5) is 10.5 Å². The molecule has 102 valence electrons. The molecule has 3 amide bonds. The number of amides is 3. The molecule has 7 nitrogen and oxygen atoms in total. The number of carbonyl (C=O) groups excluding carboxylic acids is 2. The van der Waals surface area contributed by atoms with Crippen molar-refractivity contribution in [1.82, 2.24) is 5.32 Å². The SMILES string of the molecule is CC(NC(=O)Nc1ccc(I)cc1C(=O)O)C(N)=O. The smallest absolute Gasteiger partial charge is 0.337 e. The van der Waals surface area contributed by atoms with Crippen LogP contribution in [0.1, 0.15) is 17.3 Å². The average Bonchev–Trinajstić information content (AvgIpc) is 2.30. The Hall–Kier alpha value is -1.84. The van der Waals surface area contributed by atoms with Crippen molar-refractivity contribution in [2.24, 2.45) is 5.73 Å². The predicted molar refractivity (Wildman–Crippen MR) is 76.9 cm³/mol. The zero-order valence-corrected chi connectivity index (χ0v) is 12.1. The molecule has 0 heterocycles. The van der Waals surface area contributed by atoms with Gasteiger partial charge < -0.3 is 21.5 Å². The van der Waals surface area contributed by atoms with Gasteiger partial charge in [-0.1, -0.05) is 0 Å². The molecule has 1 unspecified atom stereocenters. The van der Waals surface area contributed by atoms with E-state index in [4.69, 9.17) is 10.8 Å². The lowest BCUT2D eigenvalue weighted by molar-refractivity contribution is -0.119. The van der Waals surface area contributed by atoms with Crippen molar-refractivity contribution in [3.05, 3.63) is 27.3 Å². The summed E-state index contributed by atoms with van der Waals surface area (Å²) in [6, 6.07) is 3.00. The van der Waals surface area contributed by atoms with Crippen LogP contribution >= 0.6 is 22.6 Å². The number of hydrogen-bond donors (Lipinski definition) is 4. The van der Waals surface area contributed by atoms with Crippen molar-refractivity contribution in [2.75, 3.05) is 5.32 Å². The lowest BCUT2D eigenvalue weighted by Gasteiger charge is -2.13. The minimum atomic E-state index is -1.16. The highest BCUT2D eigenvalue weighted by Crippen LogP contribution is 2.18. The van der Waals surface area contributed by atoms with E-state index in [-0.39, 0.29) is 11.3 Å². The van der Waals surface area contributed by atoms with Crippen LogP contribution in [0.25, 0.3) is 0 Å².